The van der Waals surface area contributed by atoms with Gasteiger partial charge in [0.05, 0.1) is 13.2 Å². The van der Waals surface area contributed by atoms with Gasteiger partial charge in [0.25, 0.3) is 0 Å². The predicted molar refractivity (Wildman–Crippen MR) is 63.6 cm³/mol. The maximum absolute atomic E-state index is 13.1. The number of hydrogen-bond donors (Lipinski definition) is 1. The number of ether oxygens (including phenoxy) is 2. The average Bonchev–Trinajstić information content (AvgIpc) is 2.34. The summed E-state index contributed by atoms with van der Waals surface area (Å²) in [6.45, 7) is 2.09. The van der Waals surface area contributed by atoms with Gasteiger partial charge in [-0.05, 0) is 25.2 Å². The van der Waals surface area contributed by atoms with Gasteiger partial charge in [-0.1, -0.05) is 0 Å². The van der Waals surface area contributed by atoms with Crippen molar-refractivity contribution in [3.05, 3.63) is 29.6 Å². The van der Waals surface area contributed by atoms with Crippen molar-refractivity contribution in [2.24, 2.45) is 0 Å². The third-order valence-corrected chi connectivity index (χ3v) is 2.85. The molecule has 0 amide bonds. The van der Waals surface area contributed by atoms with Crippen LogP contribution in [0.1, 0.15) is 18.4 Å². The van der Waals surface area contributed by atoms with Gasteiger partial charge in [-0.25, -0.2) is 4.39 Å². The molecule has 0 bridgehead atoms. The fourth-order valence-electron chi connectivity index (χ4n) is 1.96. The lowest BCUT2D eigenvalue weighted by Gasteiger charge is -2.24. The van der Waals surface area contributed by atoms with Gasteiger partial charge in [0.15, 0.2) is 0 Å². The van der Waals surface area contributed by atoms with Crippen molar-refractivity contribution in [2.75, 3.05) is 20.3 Å². The highest BCUT2D eigenvalue weighted by atomic mass is 19.1. The molecule has 1 aromatic rings. The van der Waals surface area contributed by atoms with Crippen LogP contribution in [0.15, 0.2) is 18.2 Å². The van der Waals surface area contributed by atoms with Crippen molar-refractivity contribution in [1.29, 1.82) is 0 Å². The number of hydrogen-bond acceptors (Lipinski definition) is 3. The summed E-state index contributed by atoms with van der Waals surface area (Å²) >= 11 is 0. The molecule has 0 radical (unpaired) electrons. The van der Waals surface area contributed by atoms with Crippen LogP contribution in [0.3, 0.4) is 0 Å². The van der Waals surface area contributed by atoms with Gasteiger partial charge in [0.2, 0.25) is 0 Å². The van der Waals surface area contributed by atoms with Crippen LogP contribution in [0.4, 0.5) is 4.39 Å². The fraction of sp³-hybridized carbons (Fsp3) is 0.538. The van der Waals surface area contributed by atoms with E-state index in [-0.39, 0.29) is 11.9 Å². The zero-order valence-corrected chi connectivity index (χ0v) is 10.0. The molecule has 94 valence electrons. The molecular formula is C13H18FNO2. The first kappa shape index (κ1) is 12.3. The Morgan fingerprint density at radius 3 is 2.88 bits per heavy atom. The molecule has 0 spiro atoms. The van der Waals surface area contributed by atoms with E-state index in [0.29, 0.717) is 6.54 Å². The summed E-state index contributed by atoms with van der Waals surface area (Å²) in [5.41, 5.74) is 0.860. The first-order valence-electron chi connectivity index (χ1n) is 5.97. The third kappa shape index (κ3) is 3.41. The van der Waals surface area contributed by atoms with Crippen LogP contribution in [0.25, 0.3) is 0 Å². The summed E-state index contributed by atoms with van der Waals surface area (Å²) in [7, 11) is 1.84. The zero-order chi connectivity index (χ0) is 12.1. The molecule has 1 aromatic carbocycles. The smallest absolute Gasteiger partial charge is 0.124 e. The molecule has 0 saturated carbocycles. The minimum atomic E-state index is -0.227. The molecule has 1 aliphatic heterocycles. The van der Waals surface area contributed by atoms with E-state index < -0.39 is 0 Å². The van der Waals surface area contributed by atoms with E-state index in [2.05, 4.69) is 5.32 Å². The molecule has 1 N–H and O–H groups in total. The highest BCUT2D eigenvalue weighted by molar-refractivity contribution is 5.34. The Morgan fingerprint density at radius 2 is 2.18 bits per heavy atom. The Balaban J connectivity index is 2.07. The molecule has 0 aromatic heterocycles. The molecule has 2 rings (SSSR count). The average molecular weight is 239 g/mol. The molecule has 1 heterocycles. The maximum atomic E-state index is 13.1. The van der Waals surface area contributed by atoms with E-state index in [1.165, 1.54) is 12.1 Å². The third-order valence-electron chi connectivity index (χ3n) is 2.85. The molecular weight excluding hydrogens is 221 g/mol. The Hall–Kier alpha value is -1.13. The highest BCUT2D eigenvalue weighted by Crippen LogP contribution is 2.23. The lowest BCUT2D eigenvalue weighted by molar-refractivity contribution is 0.0251. The quantitative estimate of drug-likeness (QED) is 0.873. The lowest BCUT2D eigenvalue weighted by Crippen LogP contribution is -2.26. The van der Waals surface area contributed by atoms with E-state index in [1.807, 2.05) is 7.05 Å². The minimum absolute atomic E-state index is 0.185. The summed E-state index contributed by atoms with van der Waals surface area (Å²) in [5, 5.41) is 3.02. The molecule has 17 heavy (non-hydrogen) atoms. The molecule has 0 atom stereocenters. The number of benzene rings is 1. The topological polar surface area (TPSA) is 30.5 Å². The van der Waals surface area contributed by atoms with Crippen LogP contribution < -0.4 is 10.1 Å². The van der Waals surface area contributed by atoms with Gasteiger partial charge in [0, 0.05) is 24.9 Å². The second-order valence-corrected chi connectivity index (χ2v) is 4.21. The van der Waals surface area contributed by atoms with Crippen LogP contribution in [0, 0.1) is 5.82 Å². The molecule has 3 nitrogen and oxygen atoms in total. The van der Waals surface area contributed by atoms with E-state index in [1.54, 1.807) is 6.07 Å². The van der Waals surface area contributed by atoms with Crippen molar-refractivity contribution in [3.8, 4) is 5.75 Å². The van der Waals surface area contributed by atoms with Crippen molar-refractivity contribution in [2.45, 2.75) is 25.5 Å². The highest BCUT2D eigenvalue weighted by Gasteiger charge is 2.16. The summed E-state index contributed by atoms with van der Waals surface area (Å²) in [4.78, 5) is 0. The molecule has 4 heteroatoms. The van der Waals surface area contributed by atoms with Crippen molar-refractivity contribution in [3.63, 3.8) is 0 Å². The molecule has 1 saturated heterocycles. The van der Waals surface area contributed by atoms with Gasteiger partial charge in [-0.3, -0.25) is 0 Å². The van der Waals surface area contributed by atoms with Crippen molar-refractivity contribution < 1.29 is 13.9 Å². The fourth-order valence-corrected chi connectivity index (χ4v) is 1.96. The summed E-state index contributed by atoms with van der Waals surface area (Å²) < 4.78 is 24.3. The number of halogens is 1. The van der Waals surface area contributed by atoms with Gasteiger partial charge >= 0.3 is 0 Å². The van der Waals surface area contributed by atoms with Gasteiger partial charge in [-0.2, -0.15) is 0 Å². The monoisotopic (exact) mass is 239 g/mol. The van der Waals surface area contributed by atoms with E-state index >= 15 is 0 Å². The molecule has 0 aliphatic carbocycles. The summed E-state index contributed by atoms with van der Waals surface area (Å²) in [6.07, 6.45) is 1.98. The van der Waals surface area contributed by atoms with E-state index in [4.69, 9.17) is 9.47 Å². The summed E-state index contributed by atoms with van der Waals surface area (Å²) in [6, 6.07) is 4.66. The number of nitrogens with one attached hydrogen (secondary N) is 1. The van der Waals surface area contributed by atoms with Crippen LogP contribution in [-0.4, -0.2) is 26.4 Å². The second kappa shape index (κ2) is 5.98. The van der Waals surface area contributed by atoms with Crippen LogP contribution in [-0.2, 0) is 11.3 Å². The zero-order valence-electron chi connectivity index (χ0n) is 10.0. The Bertz CT molecular complexity index is 364. The maximum Gasteiger partial charge on any atom is 0.124 e. The lowest BCUT2D eigenvalue weighted by atomic mass is 10.1. The van der Waals surface area contributed by atoms with E-state index in [9.17, 15) is 4.39 Å². The SMILES string of the molecule is CNCc1cc(F)ccc1OC1CCOCC1. The predicted octanol–water partition coefficient (Wildman–Crippen LogP) is 2.10. The number of rotatable bonds is 4. The Morgan fingerprint density at radius 1 is 1.41 bits per heavy atom. The standard InChI is InChI=1S/C13H18FNO2/c1-15-9-10-8-11(14)2-3-13(10)17-12-4-6-16-7-5-12/h2-3,8,12,15H,4-7,9H2,1H3. The van der Waals surface area contributed by atoms with Crippen LogP contribution in [0.5, 0.6) is 5.75 Å². The second-order valence-electron chi connectivity index (χ2n) is 4.21. The van der Waals surface area contributed by atoms with Crippen LogP contribution in [0.2, 0.25) is 0 Å². The summed E-state index contributed by atoms with van der Waals surface area (Å²) in [5.74, 6) is 0.544. The van der Waals surface area contributed by atoms with Crippen molar-refractivity contribution in [1.82, 2.24) is 5.32 Å². The largest absolute Gasteiger partial charge is 0.490 e. The molecule has 1 fully saturated rings. The van der Waals surface area contributed by atoms with Gasteiger partial charge < -0.3 is 14.8 Å². The Kier molecular flexibility index (Phi) is 4.34. The van der Waals surface area contributed by atoms with Crippen molar-refractivity contribution >= 4 is 0 Å². The Labute approximate surface area is 101 Å². The first-order valence-corrected chi connectivity index (χ1v) is 5.97. The molecule has 0 unspecified atom stereocenters. The molecule has 1 aliphatic rings. The van der Waals surface area contributed by atoms with E-state index in [0.717, 1.165) is 37.4 Å². The van der Waals surface area contributed by atoms with Gasteiger partial charge in [0.1, 0.15) is 17.7 Å². The van der Waals surface area contributed by atoms with Crippen LogP contribution >= 0.6 is 0 Å². The minimum Gasteiger partial charge on any atom is -0.490 e. The van der Waals surface area contributed by atoms with Gasteiger partial charge in [-0.15, -0.1) is 0 Å². The first-order chi connectivity index (χ1) is 8.29. The normalized spacial score (nSPS) is 17.1.